The van der Waals surface area contributed by atoms with Gasteiger partial charge in [0.15, 0.2) is 0 Å². The Morgan fingerprint density at radius 1 is 1.43 bits per heavy atom. The van der Waals surface area contributed by atoms with Crippen molar-refractivity contribution in [3.63, 3.8) is 0 Å². The number of nitro groups is 1. The van der Waals surface area contributed by atoms with Crippen LogP contribution in [0.1, 0.15) is 12.5 Å². The minimum Gasteiger partial charge on any atom is -0.384 e. The van der Waals surface area contributed by atoms with Crippen LogP contribution in [0.25, 0.3) is 0 Å². The summed E-state index contributed by atoms with van der Waals surface area (Å²) in [6.45, 7) is 1.66. The quantitative estimate of drug-likeness (QED) is 0.655. The second kappa shape index (κ2) is 6.07. The molecule has 0 saturated carbocycles. The fourth-order valence-corrected chi connectivity index (χ4v) is 2.05. The van der Waals surface area contributed by atoms with E-state index in [-0.39, 0.29) is 18.1 Å². The van der Waals surface area contributed by atoms with Gasteiger partial charge in [0.05, 0.1) is 4.92 Å². The number of anilines is 1. The van der Waals surface area contributed by atoms with E-state index in [1.54, 1.807) is 31.2 Å². The first kappa shape index (κ1) is 15.2. The number of pyridine rings is 1. The lowest BCUT2D eigenvalue weighted by atomic mass is 9.96. The average molecular weight is 308 g/mol. The van der Waals surface area contributed by atoms with Gasteiger partial charge in [-0.05, 0) is 30.7 Å². The van der Waals surface area contributed by atoms with Gasteiger partial charge in [0.1, 0.15) is 5.60 Å². The zero-order valence-electron chi connectivity index (χ0n) is 11.3. The molecule has 1 aromatic carbocycles. The van der Waals surface area contributed by atoms with Crippen LogP contribution < -0.4 is 5.32 Å². The molecule has 21 heavy (non-hydrogen) atoms. The zero-order chi connectivity index (χ0) is 15.5. The molecule has 1 aromatic heterocycles. The van der Waals surface area contributed by atoms with E-state index < -0.39 is 10.5 Å². The molecule has 1 unspecified atom stereocenters. The lowest BCUT2D eigenvalue weighted by Gasteiger charge is -2.24. The topological polar surface area (TPSA) is 88.3 Å². The second-order valence-electron chi connectivity index (χ2n) is 4.77. The highest BCUT2D eigenvalue weighted by Crippen LogP contribution is 2.26. The Morgan fingerprint density at radius 2 is 2.19 bits per heavy atom. The summed E-state index contributed by atoms with van der Waals surface area (Å²) < 4.78 is 0. The first-order valence-electron chi connectivity index (χ1n) is 6.22. The number of rotatable bonds is 5. The molecule has 2 rings (SSSR count). The van der Waals surface area contributed by atoms with Crippen LogP contribution in [0.5, 0.6) is 0 Å². The number of aliphatic hydroxyl groups is 1. The van der Waals surface area contributed by atoms with Gasteiger partial charge in [-0.15, -0.1) is 0 Å². The lowest BCUT2D eigenvalue weighted by Crippen LogP contribution is -2.31. The first-order valence-corrected chi connectivity index (χ1v) is 6.59. The Morgan fingerprint density at radius 3 is 2.86 bits per heavy atom. The van der Waals surface area contributed by atoms with E-state index in [0.29, 0.717) is 10.6 Å². The number of halogens is 1. The van der Waals surface area contributed by atoms with Crippen LogP contribution in [-0.4, -0.2) is 21.6 Å². The third kappa shape index (κ3) is 3.68. The third-order valence-electron chi connectivity index (χ3n) is 3.03. The van der Waals surface area contributed by atoms with Crippen molar-refractivity contribution in [1.82, 2.24) is 4.98 Å². The van der Waals surface area contributed by atoms with Gasteiger partial charge in [0.25, 0.3) is 0 Å². The van der Waals surface area contributed by atoms with Gasteiger partial charge < -0.3 is 10.4 Å². The van der Waals surface area contributed by atoms with Crippen molar-refractivity contribution in [2.24, 2.45) is 0 Å². The number of benzene rings is 1. The van der Waals surface area contributed by atoms with Crippen molar-refractivity contribution in [2.75, 3.05) is 11.9 Å². The molecule has 1 atom stereocenters. The summed E-state index contributed by atoms with van der Waals surface area (Å²) in [6, 6.07) is 9.66. The van der Waals surface area contributed by atoms with Gasteiger partial charge in [-0.1, -0.05) is 23.7 Å². The van der Waals surface area contributed by atoms with Crippen molar-refractivity contribution in [3.05, 3.63) is 63.3 Å². The number of hydrogen-bond donors (Lipinski definition) is 2. The maximum atomic E-state index is 10.9. The highest BCUT2D eigenvalue weighted by Gasteiger charge is 2.25. The molecular formula is C14H14ClN3O3. The summed E-state index contributed by atoms with van der Waals surface area (Å²) >= 11 is 5.90. The normalized spacial score (nSPS) is 13.5. The first-order chi connectivity index (χ1) is 9.90. The van der Waals surface area contributed by atoms with Crippen LogP contribution in [-0.2, 0) is 5.60 Å². The third-order valence-corrected chi connectivity index (χ3v) is 3.26. The number of nitrogens with zero attached hydrogens (tertiary/aromatic N) is 2. The molecule has 0 aliphatic heterocycles. The molecule has 0 aliphatic rings. The SMILES string of the molecule is CC(O)(CNc1ncccc1[N+](=O)[O-])c1cccc(Cl)c1. The van der Waals surface area contributed by atoms with E-state index in [0.717, 1.165) is 0 Å². The molecule has 0 fully saturated rings. The molecule has 2 aromatic rings. The summed E-state index contributed by atoms with van der Waals surface area (Å²) in [4.78, 5) is 14.3. The summed E-state index contributed by atoms with van der Waals surface area (Å²) in [5, 5.41) is 24.7. The van der Waals surface area contributed by atoms with E-state index in [2.05, 4.69) is 10.3 Å². The molecule has 7 heteroatoms. The Bertz CT molecular complexity index is 661. The van der Waals surface area contributed by atoms with Crippen molar-refractivity contribution in [3.8, 4) is 0 Å². The zero-order valence-corrected chi connectivity index (χ0v) is 12.0. The molecule has 2 N–H and O–H groups in total. The maximum absolute atomic E-state index is 10.9. The van der Waals surface area contributed by atoms with Crippen LogP contribution in [0.2, 0.25) is 5.02 Å². The van der Waals surface area contributed by atoms with Gasteiger partial charge >= 0.3 is 5.69 Å². The number of nitrogens with one attached hydrogen (secondary N) is 1. The molecule has 0 bridgehead atoms. The van der Waals surface area contributed by atoms with Crippen molar-refractivity contribution in [2.45, 2.75) is 12.5 Å². The molecular weight excluding hydrogens is 294 g/mol. The Kier molecular flexibility index (Phi) is 4.40. The molecule has 0 spiro atoms. The lowest BCUT2D eigenvalue weighted by molar-refractivity contribution is -0.384. The van der Waals surface area contributed by atoms with E-state index in [1.807, 2.05) is 0 Å². The summed E-state index contributed by atoms with van der Waals surface area (Å²) in [7, 11) is 0. The molecule has 110 valence electrons. The van der Waals surface area contributed by atoms with E-state index >= 15 is 0 Å². The smallest absolute Gasteiger partial charge is 0.311 e. The maximum Gasteiger partial charge on any atom is 0.311 e. The van der Waals surface area contributed by atoms with Crippen LogP contribution >= 0.6 is 11.6 Å². The highest BCUT2D eigenvalue weighted by molar-refractivity contribution is 6.30. The van der Waals surface area contributed by atoms with Gasteiger partial charge in [0, 0.05) is 23.8 Å². The highest BCUT2D eigenvalue weighted by atomic mass is 35.5. The van der Waals surface area contributed by atoms with E-state index in [9.17, 15) is 15.2 Å². The fourth-order valence-electron chi connectivity index (χ4n) is 1.86. The predicted molar refractivity (Wildman–Crippen MR) is 80.4 cm³/mol. The van der Waals surface area contributed by atoms with Crippen molar-refractivity contribution >= 4 is 23.1 Å². The predicted octanol–water partition coefficient (Wildman–Crippen LogP) is 2.96. The minimum atomic E-state index is -1.24. The fraction of sp³-hybridized carbons (Fsp3) is 0.214. The largest absolute Gasteiger partial charge is 0.384 e. The Balaban J connectivity index is 2.17. The van der Waals surface area contributed by atoms with Gasteiger partial charge in [-0.3, -0.25) is 10.1 Å². The average Bonchev–Trinajstić information content (AvgIpc) is 2.45. The van der Waals surface area contributed by atoms with Crippen LogP contribution in [0.3, 0.4) is 0 Å². The van der Waals surface area contributed by atoms with Crippen LogP contribution in [0, 0.1) is 10.1 Å². The van der Waals surface area contributed by atoms with Crippen LogP contribution in [0.15, 0.2) is 42.6 Å². The number of hydrogen-bond acceptors (Lipinski definition) is 5. The second-order valence-corrected chi connectivity index (χ2v) is 5.20. The van der Waals surface area contributed by atoms with Gasteiger partial charge in [0.2, 0.25) is 5.82 Å². The van der Waals surface area contributed by atoms with Crippen molar-refractivity contribution < 1.29 is 10.0 Å². The Labute approximate surface area is 126 Å². The molecule has 0 amide bonds. The Hall–Kier alpha value is -2.18. The van der Waals surface area contributed by atoms with Crippen molar-refractivity contribution in [1.29, 1.82) is 0 Å². The molecule has 0 radical (unpaired) electrons. The molecule has 0 aliphatic carbocycles. The standard InChI is InChI=1S/C14H14ClN3O3/c1-14(19,10-4-2-5-11(15)8-10)9-17-13-12(18(20)21)6-3-7-16-13/h2-8,19H,9H2,1H3,(H,16,17). The number of aromatic nitrogens is 1. The van der Waals surface area contributed by atoms with Gasteiger partial charge in [-0.25, -0.2) is 4.98 Å². The summed E-state index contributed by atoms with van der Waals surface area (Å²) in [5.74, 6) is 0.116. The van der Waals surface area contributed by atoms with E-state index in [4.69, 9.17) is 11.6 Å². The minimum absolute atomic E-state index is 0.0607. The van der Waals surface area contributed by atoms with Gasteiger partial charge in [-0.2, -0.15) is 0 Å². The summed E-state index contributed by atoms with van der Waals surface area (Å²) in [6.07, 6.45) is 1.45. The monoisotopic (exact) mass is 307 g/mol. The summed E-state index contributed by atoms with van der Waals surface area (Å²) in [5.41, 5.74) is -0.767. The van der Waals surface area contributed by atoms with Crippen LogP contribution in [0.4, 0.5) is 11.5 Å². The molecule has 1 heterocycles. The molecule has 6 nitrogen and oxygen atoms in total. The van der Waals surface area contributed by atoms with E-state index in [1.165, 1.54) is 18.3 Å². The molecule has 0 saturated heterocycles.